The van der Waals surface area contributed by atoms with Gasteiger partial charge >= 0.3 is 0 Å². The Morgan fingerprint density at radius 1 is 1.00 bits per heavy atom. The predicted octanol–water partition coefficient (Wildman–Crippen LogP) is -0.0473. The molecule has 0 radical (unpaired) electrons. The topological polar surface area (TPSA) is 149 Å². The minimum Gasteiger partial charge on any atom is -0.508 e. The minimum atomic E-state index is -1.38. The van der Waals surface area contributed by atoms with Crippen molar-refractivity contribution in [3.05, 3.63) is 47.5 Å². The van der Waals surface area contributed by atoms with Crippen molar-refractivity contribution in [3.8, 4) is 23.0 Å². The maximum atomic E-state index is 10.4. The summed E-state index contributed by atoms with van der Waals surface area (Å²) in [4.78, 5) is 0. The Morgan fingerprint density at radius 2 is 1.72 bits per heavy atom. The normalized spacial score (nSPS) is 31.2. The monoisotopic (exact) mass is 406 g/mol. The van der Waals surface area contributed by atoms with E-state index >= 15 is 0 Å². The van der Waals surface area contributed by atoms with E-state index < -0.39 is 43.4 Å². The third-order valence-corrected chi connectivity index (χ3v) is 5.15. The number of phenolic OH excluding ortho intramolecular Hbond substituents is 2. The number of hydrogen-bond acceptors (Lipinski definition) is 9. The van der Waals surface area contributed by atoms with Crippen molar-refractivity contribution in [2.45, 2.75) is 43.2 Å². The first kappa shape index (κ1) is 19.7. The molecule has 0 spiro atoms. The first-order chi connectivity index (χ1) is 13.9. The van der Waals surface area contributed by atoms with Crippen LogP contribution in [0.25, 0.3) is 0 Å². The van der Waals surface area contributed by atoms with Crippen molar-refractivity contribution in [2.24, 2.45) is 0 Å². The largest absolute Gasteiger partial charge is 0.508 e. The van der Waals surface area contributed by atoms with Crippen LogP contribution in [0.5, 0.6) is 23.0 Å². The summed E-state index contributed by atoms with van der Waals surface area (Å²) in [6, 6.07) is 9.02. The summed E-state index contributed by atoms with van der Waals surface area (Å²) in [5.74, 6) is 0.339. The SMILES string of the molecule is OC[C@@H]1O[C@H](Oc2cc(O)c3c(c2)O[C@@H](c2ccc(O)cc2)[C@H](O)C3)[C@H](O)[C@@H]1O. The molecular weight excluding hydrogens is 384 g/mol. The fourth-order valence-corrected chi connectivity index (χ4v) is 3.57. The van der Waals surface area contributed by atoms with Gasteiger partial charge < -0.3 is 44.8 Å². The number of aromatic hydroxyl groups is 2. The van der Waals surface area contributed by atoms with Gasteiger partial charge in [-0.25, -0.2) is 0 Å². The summed E-state index contributed by atoms with van der Waals surface area (Å²) in [7, 11) is 0. The highest BCUT2D eigenvalue weighted by atomic mass is 16.7. The van der Waals surface area contributed by atoms with Crippen molar-refractivity contribution in [3.63, 3.8) is 0 Å². The van der Waals surface area contributed by atoms with E-state index in [2.05, 4.69) is 0 Å². The van der Waals surface area contributed by atoms with Gasteiger partial charge in [0.2, 0.25) is 6.29 Å². The molecule has 9 heteroatoms. The van der Waals surface area contributed by atoms with E-state index in [1.807, 2.05) is 0 Å². The minimum absolute atomic E-state index is 0.0891. The van der Waals surface area contributed by atoms with Crippen LogP contribution in [0.1, 0.15) is 17.2 Å². The lowest BCUT2D eigenvalue weighted by Crippen LogP contribution is -2.35. The highest BCUT2D eigenvalue weighted by Crippen LogP contribution is 2.42. The number of ether oxygens (including phenoxy) is 3. The Hall–Kier alpha value is -2.56. The van der Waals surface area contributed by atoms with Crippen LogP contribution in [-0.2, 0) is 11.2 Å². The third kappa shape index (κ3) is 3.70. The smallest absolute Gasteiger partial charge is 0.229 e. The molecule has 0 amide bonds. The average molecular weight is 406 g/mol. The lowest BCUT2D eigenvalue weighted by molar-refractivity contribution is -0.116. The first-order valence-corrected chi connectivity index (χ1v) is 9.16. The molecule has 6 atom stereocenters. The van der Waals surface area contributed by atoms with E-state index in [9.17, 15) is 25.5 Å². The number of phenols is 2. The molecule has 1 saturated heterocycles. The van der Waals surface area contributed by atoms with E-state index in [0.29, 0.717) is 11.1 Å². The second kappa shape index (κ2) is 7.69. The average Bonchev–Trinajstić information content (AvgIpc) is 2.97. The molecule has 156 valence electrons. The summed E-state index contributed by atoms with van der Waals surface area (Å²) >= 11 is 0. The molecule has 9 nitrogen and oxygen atoms in total. The van der Waals surface area contributed by atoms with Gasteiger partial charge in [0.15, 0.2) is 0 Å². The quantitative estimate of drug-likeness (QED) is 0.411. The molecular formula is C20H22O9. The van der Waals surface area contributed by atoms with Gasteiger partial charge in [-0.2, -0.15) is 0 Å². The zero-order chi connectivity index (χ0) is 20.7. The van der Waals surface area contributed by atoms with Gasteiger partial charge in [0.1, 0.15) is 47.4 Å². The summed E-state index contributed by atoms with van der Waals surface area (Å²) in [5.41, 5.74) is 1.05. The van der Waals surface area contributed by atoms with Crippen LogP contribution in [0.3, 0.4) is 0 Å². The lowest BCUT2D eigenvalue weighted by Gasteiger charge is -2.31. The van der Waals surface area contributed by atoms with Crippen LogP contribution in [0.2, 0.25) is 0 Å². The van der Waals surface area contributed by atoms with E-state index in [1.165, 1.54) is 24.3 Å². The van der Waals surface area contributed by atoms with Gasteiger partial charge in [-0.1, -0.05) is 12.1 Å². The van der Waals surface area contributed by atoms with Crippen molar-refractivity contribution in [1.29, 1.82) is 0 Å². The molecule has 2 aromatic rings. The third-order valence-electron chi connectivity index (χ3n) is 5.15. The fraction of sp³-hybridized carbons (Fsp3) is 0.400. The Labute approximate surface area is 166 Å². The van der Waals surface area contributed by atoms with Gasteiger partial charge in [-0.3, -0.25) is 0 Å². The molecule has 0 unspecified atom stereocenters. The molecule has 0 aliphatic carbocycles. The van der Waals surface area contributed by atoms with E-state index in [4.69, 9.17) is 19.3 Å². The number of hydrogen-bond donors (Lipinski definition) is 6. The Balaban J connectivity index is 1.57. The number of fused-ring (bicyclic) bond motifs is 1. The highest BCUT2D eigenvalue weighted by Gasteiger charge is 2.44. The van der Waals surface area contributed by atoms with Crippen LogP contribution in [0.4, 0.5) is 0 Å². The van der Waals surface area contributed by atoms with Gasteiger partial charge in [0.05, 0.1) is 12.7 Å². The van der Waals surface area contributed by atoms with Gasteiger partial charge in [-0.05, 0) is 17.7 Å². The fourth-order valence-electron chi connectivity index (χ4n) is 3.57. The molecule has 0 aromatic heterocycles. The second-order valence-corrected chi connectivity index (χ2v) is 7.15. The standard InChI is InChI=1S/C20H22O9/c21-8-16-17(25)18(26)20(29-16)27-11-5-13(23)12-7-14(24)19(28-15(12)6-11)9-1-3-10(22)4-2-9/h1-6,14,16-26H,7-8H2/t14-,16+,17-,18-,19+,20+/m1/s1. The Kier molecular flexibility index (Phi) is 5.24. The van der Waals surface area contributed by atoms with E-state index in [0.717, 1.165) is 0 Å². The maximum absolute atomic E-state index is 10.4. The van der Waals surface area contributed by atoms with Crippen LogP contribution in [0, 0.1) is 0 Å². The van der Waals surface area contributed by atoms with Crippen LogP contribution in [-0.4, -0.2) is 68.0 Å². The van der Waals surface area contributed by atoms with E-state index in [-0.39, 0.29) is 29.4 Å². The molecule has 29 heavy (non-hydrogen) atoms. The zero-order valence-corrected chi connectivity index (χ0v) is 15.3. The molecule has 6 N–H and O–H groups in total. The number of benzene rings is 2. The summed E-state index contributed by atoms with van der Waals surface area (Å²) in [5, 5.41) is 59.2. The second-order valence-electron chi connectivity index (χ2n) is 7.15. The van der Waals surface area contributed by atoms with Crippen LogP contribution in [0.15, 0.2) is 36.4 Å². The summed E-state index contributed by atoms with van der Waals surface area (Å²) in [6.45, 7) is -0.483. The molecule has 0 bridgehead atoms. The van der Waals surface area contributed by atoms with Gasteiger partial charge in [0, 0.05) is 24.1 Å². The molecule has 2 aromatic carbocycles. The summed E-state index contributed by atoms with van der Waals surface area (Å²) in [6.07, 6.45) is -6.38. The zero-order valence-electron chi connectivity index (χ0n) is 15.3. The van der Waals surface area contributed by atoms with Crippen molar-refractivity contribution in [1.82, 2.24) is 0 Å². The number of rotatable bonds is 4. The number of aliphatic hydroxyl groups excluding tert-OH is 4. The van der Waals surface area contributed by atoms with Crippen molar-refractivity contribution < 1.29 is 44.8 Å². The number of aliphatic hydroxyl groups is 4. The molecule has 2 aliphatic heterocycles. The molecule has 4 rings (SSSR count). The highest BCUT2D eigenvalue weighted by molar-refractivity contribution is 5.52. The van der Waals surface area contributed by atoms with Crippen LogP contribution >= 0.6 is 0 Å². The van der Waals surface area contributed by atoms with Crippen molar-refractivity contribution in [2.75, 3.05) is 6.61 Å². The van der Waals surface area contributed by atoms with Gasteiger partial charge in [-0.15, -0.1) is 0 Å². The molecule has 0 saturated carbocycles. The lowest BCUT2D eigenvalue weighted by atomic mass is 9.94. The Bertz CT molecular complexity index is 869. The van der Waals surface area contributed by atoms with Gasteiger partial charge in [0.25, 0.3) is 0 Å². The first-order valence-electron chi connectivity index (χ1n) is 9.16. The van der Waals surface area contributed by atoms with Crippen molar-refractivity contribution >= 4 is 0 Å². The van der Waals surface area contributed by atoms with Crippen LogP contribution < -0.4 is 9.47 Å². The maximum Gasteiger partial charge on any atom is 0.229 e. The summed E-state index contributed by atoms with van der Waals surface area (Å²) < 4.78 is 16.7. The molecule has 2 aliphatic rings. The van der Waals surface area contributed by atoms with E-state index in [1.54, 1.807) is 12.1 Å². The predicted molar refractivity (Wildman–Crippen MR) is 97.7 cm³/mol. The molecule has 2 heterocycles. The molecule has 1 fully saturated rings. The Morgan fingerprint density at radius 3 is 2.38 bits per heavy atom.